The quantitative estimate of drug-likeness (QED) is 0.418. The van der Waals surface area contributed by atoms with Crippen LogP contribution in [0.3, 0.4) is 0 Å². The molecule has 10 heteroatoms. The molecule has 1 aromatic heterocycles. The van der Waals surface area contributed by atoms with Gasteiger partial charge < -0.3 is 14.8 Å². The Morgan fingerprint density at radius 3 is 2.96 bits per heavy atom. The number of benzene rings is 1. The molecule has 25 heavy (non-hydrogen) atoms. The van der Waals surface area contributed by atoms with Crippen molar-refractivity contribution in [2.75, 3.05) is 20.3 Å². The molecule has 0 saturated carbocycles. The highest BCUT2D eigenvalue weighted by atomic mass is 19.1. The van der Waals surface area contributed by atoms with Gasteiger partial charge in [0.1, 0.15) is 11.5 Å². The molecule has 0 unspecified atom stereocenters. The van der Waals surface area contributed by atoms with Gasteiger partial charge in [0.2, 0.25) is 5.75 Å². The van der Waals surface area contributed by atoms with Gasteiger partial charge in [0.15, 0.2) is 6.73 Å². The zero-order valence-corrected chi connectivity index (χ0v) is 13.5. The average Bonchev–Trinajstić information content (AvgIpc) is 3.05. The number of nitro groups is 1. The van der Waals surface area contributed by atoms with Crippen LogP contribution in [0.2, 0.25) is 0 Å². The topological polar surface area (TPSA) is 109 Å². The Balaban J connectivity index is 1.95. The van der Waals surface area contributed by atoms with Crippen molar-refractivity contribution < 1.29 is 23.6 Å². The third kappa shape index (κ3) is 5.24. The lowest BCUT2D eigenvalue weighted by Gasteiger charge is -2.07. The van der Waals surface area contributed by atoms with Crippen molar-refractivity contribution in [2.24, 2.45) is 0 Å². The lowest BCUT2D eigenvalue weighted by atomic mass is 10.3. The number of methoxy groups -OCH3 is 1. The van der Waals surface area contributed by atoms with Gasteiger partial charge >= 0.3 is 5.69 Å². The van der Waals surface area contributed by atoms with E-state index in [4.69, 9.17) is 9.47 Å². The summed E-state index contributed by atoms with van der Waals surface area (Å²) < 4.78 is 24.6. The molecule has 0 aliphatic heterocycles. The van der Waals surface area contributed by atoms with Crippen molar-refractivity contribution in [1.82, 2.24) is 15.1 Å². The second-order valence-electron chi connectivity index (χ2n) is 4.99. The van der Waals surface area contributed by atoms with E-state index in [0.29, 0.717) is 19.6 Å². The first-order chi connectivity index (χ1) is 12.0. The van der Waals surface area contributed by atoms with E-state index in [9.17, 15) is 19.3 Å². The Labute approximate surface area is 142 Å². The van der Waals surface area contributed by atoms with E-state index in [1.54, 1.807) is 7.11 Å². The van der Waals surface area contributed by atoms with Gasteiger partial charge in [0.25, 0.3) is 5.91 Å². The number of rotatable bonds is 9. The molecule has 1 N–H and O–H groups in total. The summed E-state index contributed by atoms with van der Waals surface area (Å²) in [5.74, 6) is -1.23. The van der Waals surface area contributed by atoms with Crippen LogP contribution in [-0.2, 0) is 11.5 Å². The highest BCUT2D eigenvalue weighted by Gasteiger charge is 2.16. The van der Waals surface area contributed by atoms with E-state index in [-0.39, 0.29) is 29.8 Å². The van der Waals surface area contributed by atoms with Crippen molar-refractivity contribution in [3.63, 3.8) is 0 Å². The number of amides is 1. The van der Waals surface area contributed by atoms with E-state index in [2.05, 4.69) is 10.4 Å². The van der Waals surface area contributed by atoms with Gasteiger partial charge in [-0.2, -0.15) is 5.10 Å². The van der Waals surface area contributed by atoms with Gasteiger partial charge in [0.05, 0.1) is 4.92 Å². The summed E-state index contributed by atoms with van der Waals surface area (Å²) >= 11 is 0. The fourth-order valence-electron chi connectivity index (χ4n) is 1.95. The zero-order chi connectivity index (χ0) is 18.2. The number of hydrogen-bond acceptors (Lipinski definition) is 6. The van der Waals surface area contributed by atoms with Crippen LogP contribution in [0.15, 0.2) is 30.5 Å². The molecular weight excluding hydrogens is 335 g/mol. The molecule has 2 aromatic rings. The van der Waals surface area contributed by atoms with Crippen LogP contribution < -0.4 is 10.1 Å². The number of halogens is 1. The Hall–Kier alpha value is -3.01. The summed E-state index contributed by atoms with van der Waals surface area (Å²) in [6.45, 7) is 0.780. The fourth-order valence-corrected chi connectivity index (χ4v) is 1.95. The van der Waals surface area contributed by atoms with Crippen molar-refractivity contribution in [3.05, 3.63) is 52.1 Å². The Kier molecular flexibility index (Phi) is 6.40. The van der Waals surface area contributed by atoms with Crippen molar-refractivity contribution >= 4 is 11.6 Å². The van der Waals surface area contributed by atoms with E-state index >= 15 is 0 Å². The first kappa shape index (κ1) is 18.3. The van der Waals surface area contributed by atoms with E-state index in [1.165, 1.54) is 16.9 Å². The van der Waals surface area contributed by atoms with Crippen molar-refractivity contribution in [1.29, 1.82) is 0 Å². The monoisotopic (exact) mass is 352 g/mol. The number of nitro benzene ring substituents is 1. The maximum absolute atomic E-state index is 13.2. The summed E-state index contributed by atoms with van der Waals surface area (Å²) in [6, 6.07) is 4.40. The van der Waals surface area contributed by atoms with Crippen LogP contribution >= 0.6 is 0 Å². The number of nitrogens with zero attached hydrogens (tertiary/aromatic N) is 3. The summed E-state index contributed by atoms with van der Waals surface area (Å²) in [6.07, 6.45) is 2.16. The molecule has 0 radical (unpaired) electrons. The number of carbonyl (C=O) groups excluding carboxylic acids is 1. The Morgan fingerprint density at radius 2 is 2.24 bits per heavy atom. The van der Waals surface area contributed by atoms with E-state index < -0.39 is 10.7 Å². The number of nitrogens with one attached hydrogen (secondary N) is 1. The maximum atomic E-state index is 13.2. The van der Waals surface area contributed by atoms with Gasteiger partial charge in [-0.3, -0.25) is 14.9 Å². The van der Waals surface area contributed by atoms with E-state index in [0.717, 1.165) is 18.2 Å². The largest absolute Gasteiger partial charge is 0.464 e. The molecule has 0 atom stereocenters. The lowest BCUT2D eigenvalue weighted by molar-refractivity contribution is -0.386. The highest BCUT2D eigenvalue weighted by Crippen LogP contribution is 2.27. The lowest BCUT2D eigenvalue weighted by Crippen LogP contribution is -2.25. The van der Waals surface area contributed by atoms with Gasteiger partial charge in [-0.25, -0.2) is 9.07 Å². The minimum Gasteiger partial charge on any atom is -0.464 e. The van der Waals surface area contributed by atoms with Gasteiger partial charge in [-0.15, -0.1) is 0 Å². The first-order valence-corrected chi connectivity index (χ1v) is 7.38. The minimum absolute atomic E-state index is 0.176. The number of ether oxygens (including phenoxy) is 2. The van der Waals surface area contributed by atoms with Gasteiger partial charge in [0, 0.05) is 38.6 Å². The standard InChI is InChI=1S/C15H17FN4O5/c1-24-8-2-6-17-15(21)12-5-7-19(18-12)10-25-14-9-11(16)3-4-13(14)20(22)23/h3-5,7,9H,2,6,8,10H2,1H3,(H,17,21). The van der Waals surface area contributed by atoms with Gasteiger partial charge in [-0.1, -0.05) is 0 Å². The minimum atomic E-state index is -0.670. The third-order valence-electron chi connectivity index (χ3n) is 3.15. The average molecular weight is 352 g/mol. The molecular formula is C15H17FN4O5. The summed E-state index contributed by atoms with van der Waals surface area (Å²) in [5.41, 5.74) is -0.181. The number of aromatic nitrogens is 2. The van der Waals surface area contributed by atoms with Crippen molar-refractivity contribution in [2.45, 2.75) is 13.2 Å². The second kappa shape index (κ2) is 8.73. The molecule has 134 valence electrons. The van der Waals surface area contributed by atoms with Crippen LogP contribution in [-0.4, -0.2) is 40.9 Å². The second-order valence-corrected chi connectivity index (χ2v) is 4.99. The molecule has 9 nitrogen and oxygen atoms in total. The molecule has 1 amide bonds. The maximum Gasteiger partial charge on any atom is 0.311 e. The van der Waals surface area contributed by atoms with Crippen molar-refractivity contribution in [3.8, 4) is 5.75 Å². The predicted octanol–water partition coefficient (Wildman–Crippen LogP) is 1.73. The van der Waals surface area contributed by atoms with Crippen LogP contribution in [0, 0.1) is 15.9 Å². The molecule has 1 heterocycles. The number of hydrogen-bond donors (Lipinski definition) is 1. The first-order valence-electron chi connectivity index (χ1n) is 7.38. The summed E-state index contributed by atoms with van der Waals surface area (Å²) in [5, 5.41) is 17.6. The molecule has 0 bridgehead atoms. The number of carbonyl (C=O) groups is 1. The Bertz CT molecular complexity index is 749. The molecule has 0 saturated heterocycles. The third-order valence-corrected chi connectivity index (χ3v) is 3.15. The normalized spacial score (nSPS) is 10.5. The van der Waals surface area contributed by atoms with Gasteiger partial charge in [-0.05, 0) is 18.6 Å². The highest BCUT2D eigenvalue weighted by molar-refractivity contribution is 5.92. The smallest absolute Gasteiger partial charge is 0.311 e. The van der Waals surface area contributed by atoms with Crippen LogP contribution in [0.4, 0.5) is 10.1 Å². The molecule has 0 aliphatic carbocycles. The van der Waals surface area contributed by atoms with Crippen LogP contribution in [0.5, 0.6) is 5.75 Å². The predicted molar refractivity (Wildman–Crippen MR) is 84.7 cm³/mol. The molecule has 0 aliphatic rings. The Morgan fingerprint density at radius 1 is 1.44 bits per heavy atom. The SMILES string of the molecule is COCCCNC(=O)c1ccn(COc2cc(F)ccc2[N+](=O)[O-])n1. The van der Waals surface area contributed by atoms with E-state index in [1.807, 2.05) is 0 Å². The molecule has 2 rings (SSSR count). The van der Waals surface area contributed by atoms with Crippen LogP contribution in [0.25, 0.3) is 0 Å². The molecule has 1 aromatic carbocycles. The fraction of sp³-hybridized carbons (Fsp3) is 0.333. The molecule has 0 spiro atoms. The van der Waals surface area contributed by atoms with Crippen LogP contribution in [0.1, 0.15) is 16.9 Å². The summed E-state index contributed by atoms with van der Waals surface area (Å²) in [4.78, 5) is 22.1. The summed E-state index contributed by atoms with van der Waals surface area (Å²) in [7, 11) is 1.58. The molecule has 0 fully saturated rings. The zero-order valence-electron chi connectivity index (χ0n) is 13.5.